The first-order valence-corrected chi connectivity index (χ1v) is 9.80. The molecule has 0 saturated heterocycles. The standard InChI is InChI=1S/C18H15N3O5S2/c1-3-26-18(24)14-13(10-5-4-6-27-10)9(8-19)15(20)21-16(23)11(28-17(14)21)7-12(22)25-2/h4-7,13H,3,20H2,1-2H3/b11-7-/t13-/m1/s1. The van der Waals surface area contributed by atoms with Gasteiger partial charge >= 0.3 is 11.9 Å². The molecule has 1 atom stereocenters. The van der Waals surface area contributed by atoms with Gasteiger partial charge in [-0.3, -0.25) is 9.36 Å². The van der Waals surface area contributed by atoms with Crippen LogP contribution in [0.1, 0.15) is 17.7 Å². The summed E-state index contributed by atoms with van der Waals surface area (Å²) in [6, 6.07) is 5.60. The molecule has 1 aliphatic rings. The van der Waals surface area contributed by atoms with Crippen LogP contribution in [0.3, 0.4) is 0 Å². The van der Waals surface area contributed by atoms with E-state index in [9.17, 15) is 19.6 Å². The zero-order valence-corrected chi connectivity index (χ0v) is 16.6. The summed E-state index contributed by atoms with van der Waals surface area (Å²) in [5, 5.41) is 11.5. The number of nitriles is 1. The maximum absolute atomic E-state index is 12.8. The Hall–Kier alpha value is -3.16. The van der Waals surface area contributed by atoms with Crippen molar-refractivity contribution in [3.8, 4) is 6.07 Å². The molecule has 144 valence electrons. The fourth-order valence-corrected chi connectivity index (χ4v) is 4.83. The molecular formula is C18H15N3O5S2. The summed E-state index contributed by atoms with van der Waals surface area (Å²) in [6.45, 7) is 1.78. The summed E-state index contributed by atoms with van der Waals surface area (Å²) in [7, 11) is 1.19. The molecule has 0 saturated carbocycles. The van der Waals surface area contributed by atoms with Crippen LogP contribution in [0.25, 0.3) is 17.5 Å². The van der Waals surface area contributed by atoms with E-state index in [1.165, 1.54) is 18.4 Å². The van der Waals surface area contributed by atoms with E-state index in [2.05, 4.69) is 4.74 Å². The van der Waals surface area contributed by atoms with Crippen molar-refractivity contribution in [3.05, 3.63) is 47.5 Å². The van der Waals surface area contributed by atoms with Gasteiger partial charge < -0.3 is 15.2 Å². The number of thiazole rings is 1. The molecule has 10 heteroatoms. The molecule has 2 aromatic rings. The van der Waals surface area contributed by atoms with E-state index in [0.717, 1.165) is 22.0 Å². The predicted octanol–water partition coefficient (Wildman–Crippen LogP) is 0.0869. The average Bonchev–Trinajstić information content (AvgIpc) is 3.30. The van der Waals surface area contributed by atoms with Gasteiger partial charge in [0.1, 0.15) is 15.0 Å². The number of methoxy groups -OCH3 is 1. The number of aromatic nitrogens is 1. The smallest absolute Gasteiger partial charge is 0.338 e. The Labute approximate surface area is 167 Å². The highest BCUT2D eigenvalue weighted by molar-refractivity contribution is 7.10. The number of nitrogens with zero attached hydrogens (tertiary/aromatic N) is 2. The van der Waals surface area contributed by atoms with E-state index in [1.807, 2.05) is 11.4 Å². The minimum absolute atomic E-state index is 0.0377. The number of carbonyl (C=O) groups is 2. The van der Waals surface area contributed by atoms with Crippen LogP contribution in [0.5, 0.6) is 0 Å². The van der Waals surface area contributed by atoms with E-state index >= 15 is 0 Å². The van der Waals surface area contributed by atoms with Crippen LogP contribution in [-0.2, 0) is 19.1 Å². The van der Waals surface area contributed by atoms with Gasteiger partial charge in [0.05, 0.1) is 36.9 Å². The van der Waals surface area contributed by atoms with Crippen LogP contribution < -0.4 is 20.5 Å². The molecule has 0 amide bonds. The van der Waals surface area contributed by atoms with Gasteiger partial charge in [-0.2, -0.15) is 5.26 Å². The van der Waals surface area contributed by atoms with Crippen LogP contribution in [0.4, 0.5) is 0 Å². The van der Waals surface area contributed by atoms with Gasteiger partial charge in [-0.25, -0.2) is 9.59 Å². The molecular weight excluding hydrogens is 402 g/mol. The fourth-order valence-electron chi connectivity index (χ4n) is 2.86. The molecule has 0 aromatic carbocycles. The average molecular weight is 417 g/mol. The lowest BCUT2D eigenvalue weighted by Gasteiger charge is -2.23. The van der Waals surface area contributed by atoms with Crippen LogP contribution in [-0.4, -0.2) is 30.2 Å². The van der Waals surface area contributed by atoms with Gasteiger partial charge in [0, 0.05) is 11.0 Å². The zero-order chi connectivity index (χ0) is 20.4. The minimum Gasteiger partial charge on any atom is -0.466 e. The van der Waals surface area contributed by atoms with Crippen molar-refractivity contribution >= 4 is 52.1 Å². The third-order valence-electron chi connectivity index (χ3n) is 4.04. The third kappa shape index (κ3) is 3.15. The van der Waals surface area contributed by atoms with Crippen molar-refractivity contribution in [2.75, 3.05) is 13.7 Å². The predicted molar refractivity (Wildman–Crippen MR) is 104 cm³/mol. The Balaban J connectivity index is 2.47. The fraction of sp³-hybridized carbons (Fsp3) is 0.222. The second-order valence-corrected chi connectivity index (χ2v) is 7.58. The minimum atomic E-state index is -0.756. The number of allylic oxidation sites excluding steroid dienone is 1. The van der Waals surface area contributed by atoms with E-state index in [4.69, 9.17) is 10.5 Å². The van der Waals surface area contributed by atoms with Crippen molar-refractivity contribution in [1.82, 2.24) is 4.57 Å². The number of fused-ring (bicyclic) bond motifs is 1. The summed E-state index contributed by atoms with van der Waals surface area (Å²) in [5.41, 5.74) is 5.75. The van der Waals surface area contributed by atoms with E-state index < -0.39 is 23.4 Å². The number of hydrogen-bond acceptors (Lipinski definition) is 9. The largest absolute Gasteiger partial charge is 0.466 e. The number of hydrogen-bond donors (Lipinski definition) is 1. The molecule has 0 bridgehead atoms. The maximum atomic E-state index is 12.8. The van der Waals surface area contributed by atoms with Crippen molar-refractivity contribution in [3.63, 3.8) is 0 Å². The van der Waals surface area contributed by atoms with E-state index in [-0.39, 0.29) is 32.8 Å². The summed E-state index contributed by atoms with van der Waals surface area (Å²) in [6.07, 6.45) is 1.03. The molecule has 0 radical (unpaired) electrons. The number of ether oxygens (including phenoxy) is 2. The number of esters is 2. The first-order chi connectivity index (χ1) is 13.4. The summed E-state index contributed by atoms with van der Waals surface area (Å²) in [5.74, 6) is -2.20. The van der Waals surface area contributed by atoms with E-state index in [0.29, 0.717) is 4.88 Å². The Kier molecular flexibility index (Phi) is 5.48. The van der Waals surface area contributed by atoms with Gasteiger partial charge in [0.15, 0.2) is 0 Å². The van der Waals surface area contributed by atoms with Gasteiger partial charge in [0.2, 0.25) is 0 Å². The Morgan fingerprint density at radius 3 is 2.79 bits per heavy atom. The lowest BCUT2D eigenvalue weighted by molar-refractivity contribution is -0.136. The number of thiophene rings is 1. The Morgan fingerprint density at radius 1 is 1.46 bits per heavy atom. The highest BCUT2D eigenvalue weighted by atomic mass is 32.1. The topological polar surface area (TPSA) is 124 Å². The van der Waals surface area contributed by atoms with Crippen molar-refractivity contribution in [2.45, 2.75) is 12.8 Å². The molecule has 1 aliphatic heterocycles. The molecule has 0 fully saturated rings. The van der Waals surface area contributed by atoms with Crippen molar-refractivity contribution in [1.29, 1.82) is 5.26 Å². The van der Waals surface area contributed by atoms with Crippen LogP contribution in [0.15, 0.2) is 27.9 Å². The second kappa shape index (κ2) is 7.84. The highest BCUT2D eigenvalue weighted by Crippen LogP contribution is 2.38. The number of nitrogens with two attached hydrogens (primary N) is 1. The van der Waals surface area contributed by atoms with Crippen molar-refractivity contribution < 1.29 is 19.1 Å². The monoisotopic (exact) mass is 417 g/mol. The van der Waals surface area contributed by atoms with Gasteiger partial charge in [-0.15, -0.1) is 22.7 Å². The second-order valence-electron chi connectivity index (χ2n) is 5.57. The molecule has 0 aliphatic carbocycles. The van der Waals surface area contributed by atoms with Gasteiger partial charge in [0.25, 0.3) is 5.56 Å². The first-order valence-electron chi connectivity index (χ1n) is 8.10. The van der Waals surface area contributed by atoms with E-state index in [1.54, 1.807) is 19.1 Å². The number of rotatable bonds is 4. The quantitative estimate of drug-likeness (QED) is 0.699. The van der Waals surface area contributed by atoms with Crippen molar-refractivity contribution in [2.24, 2.45) is 5.73 Å². The SMILES string of the molecule is CCOC(=O)C1=c2s/c(=C\C(=O)OC)c(=O)n2C(N)=C(C#N)[C@@H]1c1cccs1. The Morgan fingerprint density at radius 2 is 2.21 bits per heavy atom. The third-order valence-corrected chi connectivity index (χ3v) is 6.09. The van der Waals surface area contributed by atoms with Gasteiger partial charge in [-0.05, 0) is 18.4 Å². The number of carbonyl (C=O) groups excluding carboxylic acids is 2. The molecule has 0 unspecified atom stereocenters. The highest BCUT2D eigenvalue weighted by Gasteiger charge is 2.36. The summed E-state index contributed by atoms with van der Waals surface area (Å²) in [4.78, 5) is 37.9. The molecule has 3 heterocycles. The molecule has 0 spiro atoms. The summed E-state index contributed by atoms with van der Waals surface area (Å²) < 4.78 is 11.1. The van der Waals surface area contributed by atoms with Gasteiger partial charge in [-0.1, -0.05) is 6.07 Å². The molecule has 28 heavy (non-hydrogen) atoms. The maximum Gasteiger partial charge on any atom is 0.338 e. The Bertz CT molecular complexity index is 1200. The first kappa shape index (κ1) is 19.6. The lowest BCUT2D eigenvalue weighted by Crippen LogP contribution is -2.40. The zero-order valence-electron chi connectivity index (χ0n) is 14.9. The normalized spacial score (nSPS) is 16.5. The molecule has 2 N–H and O–H groups in total. The van der Waals surface area contributed by atoms with Crippen LogP contribution in [0, 0.1) is 11.3 Å². The molecule has 3 rings (SSSR count). The van der Waals surface area contributed by atoms with Crippen LogP contribution >= 0.6 is 22.7 Å². The molecule has 2 aromatic heterocycles. The lowest BCUT2D eigenvalue weighted by atomic mass is 9.88. The summed E-state index contributed by atoms with van der Waals surface area (Å²) >= 11 is 2.28. The van der Waals surface area contributed by atoms with Crippen LogP contribution in [0.2, 0.25) is 0 Å². The molecule has 8 nitrogen and oxygen atoms in total.